The highest BCUT2D eigenvalue weighted by Crippen LogP contribution is 2.35. The Labute approximate surface area is 114 Å². The number of amides is 2. The molecule has 0 aliphatic carbocycles. The van der Waals surface area contributed by atoms with E-state index in [2.05, 4.69) is 5.32 Å². The highest BCUT2D eigenvalue weighted by Gasteiger charge is 2.44. The van der Waals surface area contributed by atoms with Gasteiger partial charge >= 0.3 is 12.0 Å². The molecule has 0 bridgehead atoms. The highest BCUT2D eigenvalue weighted by molar-refractivity contribution is 5.83. The van der Waals surface area contributed by atoms with Crippen LogP contribution in [-0.4, -0.2) is 54.4 Å². The summed E-state index contributed by atoms with van der Waals surface area (Å²) in [5.74, 6) is -0.945. The van der Waals surface area contributed by atoms with Crippen molar-refractivity contribution in [3.8, 4) is 0 Å². The first kappa shape index (κ1) is 15.8. The van der Waals surface area contributed by atoms with E-state index in [-0.39, 0.29) is 12.1 Å². The van der Waals surface area contributed by atoms with Gasteiger partial charge in [-0.25, -0.2) is 9.59 Å². The van der Waals surface area contributed by atoms with Crippen LogP contribution < -0.4 is 5.32 Å². The number of hydrogen-bond donors (Lipinski definition) is 2. The van der Waals surface area contributed by atoms with Crippen LogP contribution >= 0.6 is 0 Å². The average molecular weight is 272 g/mol. The van der Waals surface area contributed by atoms with Gasteiger partial charge in [-0.1, -0.05) is 13.8 Å². The van der Waals surface area contributed by atoms with Gasteiger partial charge < -0.3 is 20.1 Å². The van der Waals surface area contributed by atoms with Gasteiger partial charge in [0.15, 0.2) is 0 Å². The number of hydrogen-bond acceptors (Lipinski definition) is 3. The molecule has 1 fully saturated rings. The lowest BCUT2D eigenvalue weighted by atomic mass is 9.76. The summed E-state index contributed by atoms with van der Waals surface area (Å²) in [5, 5.41) is 12.2. The lowest BCUT2D eigenvalue weighted by molar-refractivity contribution is -0.148. The topological polar surface area (TPSA) is 78.9 Å². The van der Waals surface area contributed by atoms with E-state index in [1.54, 1.807) is 7.11 Å². The van der Waals surface area contributed by atoms with Crippen LogP contribution in [0.25, 0.3) is 0 Å². The number of methoxy groups -OCH3 is 1. The maximum Gasteiger partial charge on any atom is 0.327 e. The molecule has 0 aromatic rings. The Balaban J connectivity index is 2.78. The van der Waals surface area contributed by atoms with Gasteiger partial charge in [-0.2, -0.15) is 0 Å². The molecule has 2 unspecified atom stereocenters. The van der Waals surface area contributed by atoms with Crippen molar-refractivity contribution >= 4 is 12.0 Å². The van der Waals surface area contributed by atoms with Gasteiger partial charge in [-0.15, -0.1) is 0 Å². The Hall–Kier alpha value is -1.30. The van der Waals surface area contributed by atoms with Gasteiger partial charge in [-0.3, -0.25) is 0 Å². The normalized spacial score (nSPS) is 23.8. The summed E-state index contributed by atoms with van der Waals surface area (Å²) in [6, 6.07) is -1.25. The molecule has 6 heteroatoms. The summed E-state index contributed by atoms with van der Waals surface area (Å²) in [4.78, 5) is 25.1. The summed E-state index contributed by atoms with van der Waals surface area (Å²) in [7, 11) is 1.56. The van der Waals surface area contributed by atoms with E-state index in [1.807, 2.05) is 20.8 Å². The zero-order valence-electron chi connectivity index (χ0n) is 12.1. The van der Waals surface area contributed by atoms with Crippen LogP contribution in [-0.2, 0) is 9.53 Å². The first-order valence-electron chi connectivity index (χ1n) is 6.58. The van der Waals surface area contributed by atoms with Gasteiger partial charge in [0.05, 0.1) is 12.6 Å². The van der Waals surface area contributed by atoms with Crippen molar-refractivity contribution < 1.29 is 19.4 Å². The molecule has 1 saturated heterocycles. The molecule has 0 aromatic heterocycles. The minimum Gasteiger partial charge on any atom is -0.480 e. The molecular weight excluding hydrogens is 248 g/mol. The quantitative estimate of drug-likeness (QED) is 0.808. The molecule has 1 aliphatic rings. The number of carboxylic acids is 1. The maximum absolute atomic E-state index is 12.2. The van der Waals surface area contributed by atoms with Gasteiger partial charge in [-0.05, 0) is 25.2 Å². The number of piperidine rings is 1. The van der Waals surface area contributed by atoms with E-state index in [4.69, 9.17) is 4.74 Å². The fourth-order valence-electron chi connectivity index (χ4n) is 2.66. The largest absolute Gasteiger partial charge is 0.480 e. The van der Waals surface area contributed by atoms with E-state index in [9.17, 15) is 14.7 Å². The van der Waals surface area contributed by atoms with E-state index in [1.165, 1.54) is 4.90 Å². The molecule has 1 heterocycles. The van der Waals surface area contributed by atoms with Gasteiger partial charge in [0.2, 0.25) is 0 Å². The Kier molecular flexibility index (Phi) is 5.17. The van der Waals surface area contributed by atoms with Crippen LogP contribution in [0.4, 0.5) is 4.79 Å². The molecule has 2 amide bonds. The first-order valence-corrected chi connectivity index (χ1v) is 6.58. The molecule has 2 N–H and O–H groups in total. The third-order valence-electron chi connectivity index (χ3n) is 3.55. The third-order valence-corrected chi connectivity index (χ3v) is 3.55. The first-order chi connectivity index (χ1) is 8.79. The standard InChI is InChI=1S/C13H24N2O4/c1-9(8-19-4)14-12(18)15-7-5-6-13(2,3)10(15)11(16)17/h9-10H,5-8H2,1-4H3,(H,14,18)(H,16,17). The fourth-order valence-corrected chi connectivity index (χ4v) is 2.66. The minimum atomic E-state index is -0.945. The van der Waals surface area contributed by atoms with Crippen molar-refractivity contribution in [2.24, 2.45) is 5.41 Å². The number of carbonyl (C=O) groups is 2. The molecule has 1 aliphatic heterocycles. The maximum atomic E-state index is 12.2. The monoisotopic (exact) mass is 272 g/mol. The molecule has 0 saturated carbocycles. The van der Waals surface area contributed by atoms with Gasteiger partial charge in [0.1, 0.15) is 6.04 Å². The molecule has 0 aromatic carbocycles. The number of nitrogens with one attached hydrogen (secondary N) is 1. The number of carbonyl (C=O) groups excluding carboxylic acids is 1. The molecular formula is C13H24N2O4. The summed E-state index contributed by atoms with van der Waals surface area (Å²) >= 11 is 0. The Morgan fingerprint density at radius 3 is 2.68 bits per heavy atom. The summed E-state index contributed by atoms with van der Waals surface area (Å²) in [6.45, 7) is 6.49. The molecule has 19 heavy (non-hydrogen) atoms. The second kappa shape index (κ2) is 6.23. The van der Waals surface area contributed by atoms with E-state index >= 15 is 0 Å². The number of carboxylic acid groups (broad SMARTS) is 1. The molecule has 0 radical (unpaired) electrons. The zero-order valence-corrected chi connectivity index (χ0v) is 12.1. The van der Waals surface area contributed by atoms with Crippen LogP contribution in [0.3, 0.4) is 0 Å². The predicted octanol–water partition coefficient (Wildman–Crippen LogP) is 1.31. The molecule has 1 rings (SSSR count). The van der Waals surface area contributed by atoms with Gasteiger partial charge in [0.25, 0.3) is 0 Å². The van der Waals surface area contributed by atoms with E-state index < -0.39 is 17.4 Å². The molecule has 0 spiro atoms. The number of aliphatic carboxylic acids is 1. The van der Waals surface area contributed by atoms with Crippen molar-refractivity contribution in [3.63, 3.8) is 0 Å². The third kappa shape index (κ3) is 3.83. The van der Waals surface area contributed by atoms with Gasteiger partial charge in [0, 0.05) is 13.7 Å². The lowest BCUT2D eigenvalue weighted by Gasteiger charge is -2.44. The Morgan fingerprint density at radius 2 is 2.16 bits per heavy atom. The number of rotatable bonds is 4. The van der Waals surface area contributed by atoms with E-state index in [0.717, 1.165) is 12.8 Å². The highest BCUT2D eigenvalue weighted by atomic mass is 16.5. The second-order valence-electron chi connectivity index (χ2n) is 5.83. The number of likely N-dealkylation sites (tertiary alicyclic amines) is 1. The number of nitrogens with zero attached hydrogens (tertiary/aromatic N) is 1. The number of urea groups is 1. The Bertz CT molecular complexity index is 344. The SMILES string of the molecule is COCC(C)NC(=O)N1CCCC(C)(C)C1C(=O)O. The lowest BCUT2D eigenvalue weighted by Crippen LogP contribution is -2.59. The second-order valence-corrected chi connectivity index (χ2v) is 5.83. The van der Waals surface area contributed by atoms with Crippen molar-refractivity contribution in [2.75, 3.05) is 20.3 Å². The Morgan fingerprint density at radius 1 is 1.53 bits per heavy atom. The summed E-state index contributed by atoms with van der Waals surface area (Å²) in [6.07, 6.45) is 1.63. The average Bonchev–Trinajstić information content (AvgIpc) is 2.26. The smallest absolute Gasteiger partial charge is 0.327 e. The van der Waals surface area contributed by atoms with Crippen molar-refractivity contribution in [1.29, 1.82) is 0 Å². The fraction of sp³-hybridized carbons (Fsp3) is 0.846. The van der Waals surface area contributed by atoms with Crippen LogP contribution in [0, 0.1) is 5.41 Å². The van der Waals surface area contributed by atoms with Crippen molar-refractivity contribution in [2.45, 2.75) is 45.7 Å². The van der Waals surface area contributed by atoms with Crippen molar-refractivity contribution in [3.05, 3.63) is 0 Å². The van der Waals surface area contributed by atoms with Crippen molar-refractivity contribution in [1.82, 2.24) is 10.2 Å². The molecule has 110 valence electrons. The predicted molar refractivity (Wildman–Crippen MR) is 71.0 cm³/mol. The van der Waals surface area contributed by atoms with E-state index in [0.29, 0.717) is 13.2 Å². The summed E-state index contributed by atoms with van der Waals surface area (Å²) in [5.41, 5.74) is -0.411. The van der Waals surface area contributed by atoms with Crippen LogP contribution in [0.5, 0.6) is 0 Å². The van der Waals surface area contributed by atoms with Crippen LogP contribution in [0.2, 0.25) is 0 Å². The van der Waals surface area contributed by atoms with Crippen LogP contribution in [0.15, 0.2) is 0 Å². The van der Waals surface area contributed by atoms with Crippen LogP contribution in [0.1, 0.15) is 33.6 Å². The zero-order chi connectivity index (χ0) is 14.6. The molecule has 6 nitrogen and oxygen atoms in total. The minimum absolute atomic E-state index is 0.142. The number of ether oxygens (including phenoxy) is 1. The molecule has 2 atom stereocenters. The summed E-state index contributed by atoms with van der Waals surface area (Å²) < 4.78 is 4.96.